The van der Waals surface area contributed by atoms with Crippen LogP contribution >= 0.6 is 0 Å². The quantitative estimate of drug-likeness (QED) is 0.838. The van der Waals surface area contributed by atoms with E-state index in [-0.39, 0.29) is 0 Å². The number of fused-ring (bicyclic) bond motifs is 1. The lowest BCUT2D eigenvalue weighted by molar-refractivity contribution is 0.200. The Balaban J connectivity index is 1.41. The minimum absolute atomic E-state index is 0.530. The smallest absolute Gasteiger partial charge is 0.226 e. The van der Waals surface area contributed by atoms with Crippen LogP contribution in [0.2, 0.25) is 0 Å². The molecule has 0 unspecified atom stereocenters. The van der Waals surface area contributed by atoms with Crippen LogP contribution in [0.15, 0.2) is 4.52 Å². The maximum Gasteiger partial charge on any atom is 0.226 e. The van der Waals surface area contributed by atoms with Gasteiger partial charge >= 0.3 is 0 Å². The molecular weight excluding hydrogens is 280 g/mol. The van der Waals surface area contributed by atoms with Crippen molar-refractivity contribution in [3.05, 3.63) is 23.4 Å². The molecule has 0 spiro atoms. The van der Waals surface area contributed by atoms with Crippen molar-refractivity contribution in [3.63, 3.8) is 0 Å². The summed E-state index contributed by atoms with van der Waals surface area (Å²) in [5.41, 5.74) is 0. The summed E-state index contributed by atoms with van der Waals surface area (Å²) in [6.45, 7) is 7.78. The average Bonchev–Trinajstić information content (AvgIpc) is 3.10. The molecule has 7 heteroatoms. The fraction of sp³-hybridized carbons (Fsp3) is 0.733. The summed E-state index contributed by atoms with van der Waals surface area (Å²) in [6.07, 6.45) is 3.37. The molecule has 0 N–H and O–H groups in total. The zero-order valence-corrected chi connectivity index (χ0v) is 13.2. The first-order valence-corrected chi connectivity index (χ1v) is 8.15. The van der Waals surface area contributed by atoms with Crippen molar-refractivity contribution in [2.45, 2.75) is 58.7 Å². The Kier molecular flexibility index (Phi) is 3.44. The molecule has 0 amide bonds. The third-order valence-corrected chi connectivity index (χ3v) is 4.26. The van der Waals surface area contributed by atoms with E-state index in [1.54, 1.807) is 0 Å². The van der Waals surface area contributed by atoms with E-state index in [1.807, 2.05) is 0 Å². The summed E-state index contributed by atoms with van der Waals surface area (Å²) < 4.78 is 7.61. The van der Waals surface area contributed by atoms with Gasteiger partial charge in [-0.25, -0.2) is 0 Å². The number of rotatable bonds is 5. The monoisotopic (exact) mass is 302 g/mol. The molecule has 2 aromatic heterocycles. The molecule has 2 aromatic rings. The maximum atomic E-state index is 5.31. The van der Waals surface area contributed by atoms with Crippen LogP contribution in [0.3, 0.4) is 0 Å². The van der Waals surface area contributed by atoms with E-state index in [0.29, 0.717) is 18.4 Å². The molecule has 22 heavy (non-hydrogen) atoms. The van der Waals surface area contributed by atoms with Gasteiger partial charge in [-0.15, -0.1) is 10.2 Å². The molecule has 1 saturated carbocycles. The number of nitrogens with zero attached hydrogens (tertiary/aromatic N) is 6. The van der Waals surface area contributed by atoms with Crippen molar-refractivity contribution in [3.8, 4) is 0 Å². The molecule has 118 valence electrons. The van der Waals surface area contributed by atoms with Crippen molar-refractivity contribution >= 4 is 0 Å². The molecule has 3 heterocycles. The fourth-order valence-corrected chi connectivity index (χ4v) is 3.00. The van der Waals surface area contributed by atoms with E-state index in [9.17, 15) is 0 Å². The average molecular weight is 302 g/mol. The van der Waals surface area contributed by atoms with Crippen molar-refractivity contribution in [2.24, 2.45) is 5.92 Å². The SMILES string of the molecule is CC(C)Cc1nc(CN2CCn3c(nnc3C3CC3)C2)no1. The second-order valence-corrected chi connectivity index (χ2v) is 6.81. The predicted molar refractivity (Wildman–Crippen MR) is 79.0 cm³/mol. The highest BCUT2D eigenvalue weighted by Crippen LogP contribution is 2.39. The van der Waals surface area contributed by atoms with Gasteiger partial charge in [0.15, 0.2) is 5.82 Å². The first-order valence-electron chi connectivity index (χ1n) is 8.15. The molecule has 0 bridgehead atoms. The number of hydrogen-bond acceptors (Lipinski definition) is 6. The molecule has 0 radical (unpaired) electrons. The summed E-state index contributed by atoms with van der Waals surface area (Å²) in [5, 5.41) is 12.8. The van der Waals surface area contributed by atoms with Crippen LogP contribution in [-0.4, -0.2) is 36.3 Å². The highest BCUT2D eigenvalue weighted by Gasteiger charge is 2.32. The molecule has 0 saturated heterocycles. The van der Waals surface area contributed by atoms with Crippen LogP contribution in [0.4, 0.5) is 0 Å². The second kappa shape index (κ2) is 5.46. The van der Waals surface area contributed by atoms with Crippen LogP contribution in [-0.2, 0) is 26.1 Å². The van der Waals surface area contributed by atoms with Crippen molar-refractivity contribution in [1.29, 1.82) is 0 Å². The Morgan fingerprint density at radius 3 is 2.86 bits per heavy atom. The Bertz CT molecular complexity index is 657. The van der Waals surface area contributed by atoms with Crippen molar-refractivity contribution < 1.29 is 4.52 Å². The van der Waals surface area contributed by atoms with Gasteiger partial charge < -0.3 is 9.09 Å². The molecule has 0 aromatic carbocycles. The topological polar surface area (TPSA) is 72.9 Å². The van der Waals surface area contributed by atoms with E-state index < -0.39 is 0 Å². The molecule has 1 aliphatic carbocycles. The van der Waals surface area contributed by atoms with Crippen LogP contribution in [0.25, 0.3) is 0 Å². The van der Waals surface area contributed by atoms with Gasteiger partial charge in [-0.2, -0.15) is 4.98 Å². The lowest BCUT2D eigenvalue weighted by Crippen LogP contribution is -2.34. The first kappa shape index (κ1) is 13.9. The first-order chi connectivity index (χ1) is 10.7. The van der Waals surface area contributed by atoms with Crippen LogP contribution in [0.1, 0.15) is 56.0 Å². The number of hydrogen-bond donors (Lipinski definition) is 0. The van der Waals surface area contributed by atoms with Gasteiger partial charge in [0.25, 0.3) is 0 Å². The summed E-state index contributed by atoms with van der Waals surface area (Å²) in [7, 11) is 0. The van der Waals surface area contributed by atoms with E-state index in [2.05, 4.69) is 43.7 Å². The van der Waals surface area contributed by atoms with Crippen LogP contribution in [0.5, 0.6) is 0 Å². The van der Waals surface area contributed by atoms with Gasteiger partial charge in [0.1, 0.15) is 11.6 Å². The molecule has 1 aliphatic heterocycles. The normalized spacial score (nSPS) is 18.9. The lowest BCUT2D eigenvalue weighted by Gasteiger charge is -2.26. The molecule has 1 fully saturated rings. The van der Waals surface area contributed by atoms with Gasteiger partial charge in [-0.3, -0.25) is 4.90 Å². The minimum Gasteiger partial charge on any atom is -0.339 e. The second-order valence-electron chi connectivity index (χ2n) is 6.81. The van der Waals surface area contributed by atoms with Gasteiger partial charge in [-0.05, 0) is 18.8 Å². The third kappa shape index (κ3) is 2.77. The lowest BCUT2D eigenvalue weighted by atomic mass is 10.1. The highest BCUT2D eigenvalue weighted by atomic mass is 16.5. The Morgan fingerprint density at radius 1 is 1.23 bits per heavy atom. The minimum atomic E-state index is 0.530. The van der Waals surface area contributed by atoms with Crippen LogP contribution in [0, 0.1) is 5.92 Å². The molecule has 4 rings (SSSR count). The Hall–Kier alpha value is -1.76. The van der Waals surface area contributed by atoms with Gasteiger partial charge in [-0.1, -0.05) is 19.0 Å². The van der Waals surface area contributed by atoms with Crippen LogP contribution < -0.4 is 0 Å². The highest BCUT2D eigenvalue weighted by molar-refractivity contribution is 5.09. The standard InChI is InChI=1S/C15H22N6O/c1-10(2)7-14-16-12(19-22-14)8-20-5-6-21-13(9-20)17-18-15(21)11-3-4-11/h10-11H,3-9H2,1-2H3. The molecule has 7 nitrogen and oxygen atoms in total. The number of aromatic nitrogens is 5. The van der Waals surface area contributed by atoms with E-state index >= 15 is 0 Å². The summed E-state index contributed by atoms with van der Waals surface area (Å²) in [4.78, 5) is 6.79. The Labute approximate surface area is 129 Å². The van der Waals surface area contributed by atoms with E-state index in [0.717, 1.165) is 43.6 Å². The third-order valence-electron chi connectivity index (χ3n) is 4.26. The molecule has 0 atom stereocenters. The maximum absolute atomic E-state index is 5.31. The largest absolute Gasteiger partial charge is 0.339 e. The van der Waals surface area contributed by atoms with E-state index in [1.165, 1.54) is 18.7 Å². The predicted octanol–water partition coefficient (Wildman–Crippen LogP) is 1.75. The molecular formula is C15H22N6O. The summed E-state index contributed by atoms with van der Waals surface area (Å²) in [5.74, 6) is 4.95. The summed E-state index contributed by atoms with van der Waals surface area (Å²) >= 11 is 0. The van der Waals surface area contributed by atoms with E-state index in [4.69, 9.17) is 4.52 Å². The van der Waals surface area contributed by atoms with Crippen molar-refractivity contribution in [2.75, 3.05) is 6.54 Å². The van der Waals surface area contributed by atoms with Gasteiger partial charge in [0.2, 0.25) is 5.89 Å². The van der Waals surface area contributed by atoms with Gasteiger partial charge in [0.05, 0.1) is 13.1 Å². The fourth-order valence-electron chi connectivity index (χ4n) is 3.00. The van der Waals surface area contributed by atoms with Crippen molar-refractivity contribution in [1.82, 2.24) is 29.8 Å². The zero-order valence-electron chi connectivity index (χ0n) is 13.2. The summed E-state index contributed by atoms with van der Waals surface area (Å²) in [6, 6.07) is 0. The molecule has 2 aliphatic rings. The Morgan fingerprint density at radius 2 is 2.09 bits per heavy atom. The van der Waals surface area contributed by atoms with Gasteiger partial charge in [0, 0.05) is 25.4 Å². The zero-order chi connectivity index (χ0) is 15.1.